The summed E-state index contributed by atoms with van der Waals surface area (Å²) >= 11 is 0. The number of benzene rings is 2. The lowest BCUT2D eigenvalue weighted by Gasteiger charge is -2.45. The molecule has 7 heteroatoms. The third kappa shape index (κ3) is 4.33. The summed E-state index contributed by atoms with van der Waals surface area (Å²) in [5, 5.41) is 3.03. The van der Waals surface area contributed by atoms with E-state index >= 15 is 0 Å². The molecule has 0 radical (unpaired) electrons. The first-order valence-corrected chi connectivity index (χ1v) is 12.7. The number of hydrogen-bond acceptors (Lipinski definition) is 4. The average molecular weight is 475 g/mol. The summed E-state index contributed by atoms with van der Waals surface area (Å²) < 4.78 is 0. The summed E-state index contributed by atoms with van der Waals surface area (Å²) in [4.78, 5) is 45.6. The monoisotopic (exact) mass is 474 g/mol. The molecule has 3 amide bonds. The molecule has 0 unspecified atom stereocenters. The highest BCUT2D eigenvalue weighted by Crippen LogP contribution is 2.45. The number of piperazine rings is 1. The minimum atomic E-state index is -0.786. The predicted molar refractivity (Wildman–Crippen MR) is 137 cm³/mol. The van der Waals surface area contributed by atoms with Crippen LogP contribution < -0.4 is 10.2 Å². The molecule has 1 spiro atoms. The fourth-order valence-electron chi connectivity index (χ4n) is 5.69. The van der Waals surface area contributed by atoms with Crippen molar-refractivity contribution in [2.75, 3.05) is 42.9 Å². The van der Waals surface area contributed by atoms with E-state index in [1.807, 2.05) is 53.4 Å². The molecule has 2 fully saturated rings. The van der Waals surface area contributed by atoms with E-state index in [0.29, 0.717) is 56.2 Å². The highest BCUT2D eigenvalue weighted by molar-refractivity contribution is 6.15. The molecule has 5 rings (SSSR count). The Balaban J connectivity index is 1.25. The minimum Gasteiger partial charge on any atom is -0.336 e. The average Bonchev–Trinajstić information content (AvgIpc) is 3.35. The van der Waals surface area contributed by atoms with Gasteiger partial charge in [0, 0.05) is 31.7 Å². The van der Waals surface area contributed by atoms with Crippen LogP contribution in [0.4, 0.5) is 11.4 Å². The molecule has 0 bridgehead atoms. The second-order valence-electron chi connectivity index (χ2n) is 10.3. The molecule has 2 aromatic rings. The van der Waals surface area contributed by atoms with E-state index in [1.54, 1.807) is 4.90 Å². The number of anilines is 2. The van der Waals surface area contributed by atoms with Crippen molar-refractivity contribution in [3.8, 4) is 0 Å². The van der Waals surface area contributed by atoms with Gasteiger partial charge < -0.3 is 10.2 Å². The Kier molecular flexibility index (Phi) is 6.36. The van der Waals surface area contributed by atoms with Gasteiger partial charge in [-0.2, -0.15) is 0 Å². The van der Waals surface area contributed by atoms with Crippen LogP contribution in [0.5, 0.6) is 0 Å². The molecule has 1 N–H and O–H groups in total. The number of hydrogen-bond donors (Lipinski definition) is 1. The van der Waals surface area contributed by atoms with Gasteiger partial charge in [-0.1, -0.05) is 51.0 Å². The Morgan fingerprint density at radius 2 is 1.60 bits per heavy atom. The van der Waals surface area contributed by atoms with Crippen molar-refractivity contribution in [1.82, 2.24) is 9.80 Å². The molecule has 2 heterocycles. The number of rotatable bonds is 4. The van der Waals surface area contributed by atoms with E-state index in [0.717, 1.165) is 18.5 Å². The fraction of sp³-hybridized carbons (Fsp3) is 0.464. The summed E-state index contributed by atoms with van der Waals surface area (Å²) in [7, 11) is 0. The quantitative estimate of drug-likeness (QED) is 0.730. The molecule has 1 aliphatic carbocycles. The molecule has 35 heavy (non-hydrogen) atoms. The smallest absolute Gasteiger partial charge is 0.253 e. The zero-order chi connectivity index (χ0) is 24.6. The van der Waals surface area contributed by atoms with Gasteiger partial charge in [-0.25, -0.2) is 0 Å². The number of nitrogens with one attached hydrogen (secondary N) is 1. The topological polar surface area (TPSA) is 73.0 Å². The largest absolute Gasteiger partial charge is 0.336 e. The second-order valence-corrected chi connectivity index (χ2v) is 10.3. The Hall–Kier alpha value is -3.19. The van der Waals surface area contributed by atoms with Gasteiger partial charge in [-0.15, -0.1) is 0 Å². The zero-order valence-electron chi connectivity index (χ0n) is 20.6. The van der Waals surface area contributed by atoms with Gasteiger partial charge in [-0.05, 0) is 48.6 Å². The van der Waals surface area contributed by atoms with E-state index in [1.165, 1.54) is 5.56 Å². The fourth-order valence-corrected chi connectivity index (χ4v) is 5.69. The van der Waals surface area contributed by atoms with Gasteiger partial charge in [0.15, 0.2) is 0 Å². The van der Waals surface area contributed by atoms with Gasteiger partial charge in [-0.3, -0.25) is 24.2 Å². The molecular formula is C28H34N4O3. The highest BCUT2D eigenvalue weighted by atomic mass is 16.2. The first-order valence-electron chi connectivity index (χ1n) is 12.7. The number of nitrogens with zero attached hydrogens (tertiary/aromatic N) is 3. The molecule has 7 nitrogen and oxygen atoms in total. The standard InChI is InChI=1S/C28H34N4O3/c1-20(2)21-9-11-22(12-10-21)26(34)31-17-15-30(16-18-31)19-25(33)32-24-8-4-3-7-23(24)29-27(35)28(32)13-5-6-14-28/h3-4,7-12,20H,5-6,13-19H2,1-2H3,(H,29,35). The molecule has 0 aromatic heterocycles. The van der Waals surface area contributed by atoms with Gasteiger partial charge in [0.1, 0.15) is 5.54 Å². The summed E-state index contributed by atoms with van der Waals surface area (Å²) in [6.07, 6.45) is 3.27. The van der Waals surface area contributed by atoms with Crippen molar-refractivity contribution >= 4 is 29.1 Å². The van der Waals surface area contributed by atoms with Crippen molar-refractivity contribution in [2.45, 2.75) is 51.0 Å². The normalized spacial score (nSPS) is 19.7. The van der Waals surface area contributed by atoms with E-state index in [4.69, 9.17) is 0 Å². The van der Waals surface area contributed by atoms with E-state index < -0.39 is 5.54 Å². The summed E-state index contributed by atoms with van der Waals surface area (Å²) in [5.41, 5.74) is 2.63. The van der Waals surface area contributed by atoms with Crippen molar-refractivity contribution in [1.29, 1.82) is 0 Å². The zero-order valence-corrected chi connectivity index (χ0v) is 20.6. The molecule has 1 saturated heterocycles. The predicted octanol–water partition coefficient (Wildman–Crippen LogP) is 3.87. The molecule has 0 atom stereocenters. The summed E-state index contributed by atoms with van der Waals surface area (Å²) in [6.45, 7) is 6.96. The second kappa shape index (κ2) is 9.46. The Morgan fingerprint density at radius 3 is 2.26 bits per heavy atom. The van der Waals surface area contributed by atoms with Crippen molar-refractivity contribution < 1.29 is 14.4 Å². The Bertz CT molecular complexity index is 1110. The Labute approximate surface area is 207 Å². The summed E-state index contributed by atoms with van der Waals surface area (Å²) in [6, 6.07) is 15.4. The number of carbonyl (C=O) groups excluding carboxylic acids is 3. The maximum atomic E-state index is 13.7. The van der Waals surface area contributed by atoms with Crippen molar-refractivity contribution in [3.05, 3.63) is 59.7 Å². The van der Waals surface area contributed by atoms with E-state index in [2.05, 4.69) is 24.1 Å². The third-order valence-electron chi connectivity index (χ3n) is 7.77. The molecular weight excluding hydrogens is 440 g/mol. The van der Waals surface area contributed by atoms with E-state index in [-0.39, 0.29) is 24.3 Å². The van der Waals surface area contributed by atoms with Crippen LogP contribution in [0.2, 0.25) is 0 Å². The number of fused-ring (bicyclic) bond motifs is 1. The van der Waals surface area contributed by atoms with Crippen LogP contribution in [-0.4, -0.2) is 65.8 Å². The molecule has 2 aromatic carbocycles. The van der Waals surface area contributed by atoms with Gasteiger partial charge >= 0.3 is 0 Å². The molecule has 1 saturated carbocycles. The third-order valence-corrected chi connectivity index (χ3v) is 7.77. The molecule has 3 aliphatic rings. The van der Waals surface area contributed by atoms with E-state index in [9.17, 15) is 14.4 Å². The Morgan fingerprint density at radius 1 is 0.943 bits per heavy atom. The summed E-state index contributed by atoms with van der Waals surface area (Å²) in [5.74, 6) is 0.360. The molecule has 2 aliphatic heterocycles. The van der Waals surface area contributed by atoms with Crippen molar-refractivity contribution in [2.24, 2.45) is 0 Å². The van der Waals surface area contributed by atoms with Gasteiger partial charge in [0.25, 0.3) is 11.8 Å². The molecule has 184 valence electrons. The lowest BCUT2D eigenvalue weighted by Crippen LogP contribution is -2.62. The van der Waals surface area contributed by atoms with Crippen LogP contribution in [0, 0.1) is 0 Å². The van der Waals surface area contributed by atoms with Crippen LogP contribution >= 0.6 is 0 Å². The van der Waals surface area contributed by atoms with Crippen LogP contribution in [0.1, 0.15) is 61.4 Å². The van der Waals surface area contributed by atoms with Crippen LogP contribution in [0.15, 0.2) is 48.5 Å². The number of para-hydroxylation sites is 2. The van der Waals surface area contributed by atoms with Crippen molar-refractivity contribution in [3.63, 3.8) is 0 Å². The lowest BCUT2D eigenvalue weighted by molar-refractivity contribution is -0.128. The minimum absolute atomic E-state index is 0.0396. The van der Waals surface area contributed by atoms with Gasteiger partial charge in [0.05, 0.1) is 17.9 Å². The maximum absolute atomic E-state index is 13.7. The SMILES string of the molecule is CC(C)c1ccc(C(=O)N2CCN(CC(=O)N3c4ccccc4NC(=O)C34CCCC4)CC2)cc1. The van der Waals surface area contributed by atoms with Crippen LogP contribution in [0.25, 0.3) is 0 Å². The lowest BCUT2D eigenvalue weighted by atomic mass is 9.89. The highest BCUT2D eigenvalue weighted by Gasteiger charge is 2.52. The number of amides is 3. The first-order chi connectivity index (χ1) is 16.9. The maximum Gasteiger partial charge on any atom is 0.253 e. The van der Waals surface area contributed by atoms with Gasteiger partial charge in [0.2, 0.25) is 5.91 Å². The number of carbonyl (C=O) groups is 3. The first kappa shape index (κ1) is 23.5. The van der Waals surface area contributed by atoms with Crippen LogP contribution in [0.3, 0.4) is 0 Å². The van der Waals surface area contributed by atoms with Crippen LogP contribution in [-0.2, 0) is 9.59 Å².